The third-order valence-corrected chi connectivity index (χ3v) is 4.02. The largest absolute Gasteiger partial charge is 0.432 e. The number of hydrogen-bond donors (Lipinski definition) is 2. The smallest absolute Gasteiger partial charge is 0.387 e. The van der Waals surface area contributed by atoms with Crippen molar-refractivity contribution in [2.75, 3.05) is 11.1 Å². The number of nitrogens with two attached hydrogens (primary N) is 1. The van der Waals surface area contributed by atoms with Gasteiger partial charge in [-0.1, -0.05) is 26.2 Å². The lowest BCUT2D eigenvalue weighted by atomic mass is 9.96. The Balaban J connectivity index is 2.18. The van der Waals surface area contributed by atoms with Gasteiger partial charge in [0, 0.05) is 18.2 Å². The lowest BCUT2D eigenvalue weighted by molar-refractivity contribution is -0.0521. The van der Waals surface area contributed by atoms with Gasteiger partial charge < -0.3 is 15.8 Å². The molecule has 0 saturated heterocycles. The van der Waals surface area contributed by atoms with E-state index < -0.39 is 18.2 Å². The average Bonchev–Trinajstić information content (AvgIpc) is 2.60. The monoisotopic (exact) mass is 302 g/mol. The van der Waals surface area contributed by atoms with E-state index >= 15 is 0 Å². The quantitative estimate of drug-likeness (QED) is 0.640. The minimum atomic E-state index is -3.06. The lowest BCUT2D eigenvalue weighted by Gasteiger charge is -2.25. The number of benzene rings is 1. The van der Waals surface area contributed by atoms with Crippen LogP contribution >= 0.6 is 0 Å². The maximum absolute atomic E-state index is 13.5. The Bertz CT molecular complexity index is 482. The molecule has 2 unspecified atom stereocenters. The molecule has 1 aliphatic carbocycles. The molecule has 1 aliphatic rings. The summed E-state index contributed by atoms with van der Waals surface area (Å²) in [5.74, 6) is -0.910. The highest BCUT2D eigenvalue weighted by molar-refractivity contribution is 5.69. The topological polar surface area (TPSA) is 47.3 Å². The summed E-state index contributed by atoms with van der Waals surface area (Å²) >= 11 is 0. The fraction of sp³-hybridized carbons (Fsp3) is 0.600. The summed E-state index contributed by atoms with van der Waals surface area (Å²) in [5.41, 5.74) is 6.43. The van der Waals surface area contributed by atoms with Crippen LogP contribution in [0.3, 0.4) is 0 Å². The van der Waals surface area contributed by atoms with Gasteiger partial charge in [-0.05, 0) is 18.8 Å². The van der Waals surface area contributed by atoms with Crippen LogP contribution in [0.25, 0.3) is 0 Å². The predicted molar refractivity (Wildman–Crippen MR) is 77.1 cm³/mol. The van der Waals surface area contributed by atoms with E-state index in [1.54, 1.807) is 0 Å². The highest BCUT2D eigenvalue weighted by atomic mass is 19.3. The average molecular weight is 302 g/mol. The van der Waals surface area contributed by atoms with Gasteiger partial charge in [-0.3, -0.25) is 0 Å². The Hall–Kier alpha value is -1.59. The van der Waals surface area contributed by atoms with Crippen LogP contribution in [0.1, 0.15) is 39.0 Å². The van der Waals surface area contributed by atoms with Crippen molar-refractivity contribution < 1.29 is 17.9 Å². The van der Waals surface area contributed by atoms with Crippen LogP contribution in [0.2, 0.25) is 0 Å². The summed E-state index contributed by atoms with van der Waals surface area (Å²) in [5, 5.41) is 3.26. The highest BCUT2D eigenvalue weighted by Crippen LogP contribution is 2.32. The molecule has 0 aromatic heterocycles. The van der Waals surface area contributed by atoms with Crippen LogP contribution in [0.4, 0.5) is 24.5 Å². The van der Waals surface area contributed by atoms with E-state index in [9.17, 15) is 13.2 Å². The highest BCUT2D eigenvalue weighted by Gasteiger charge is 2.21. The number of nitrogen functional groups attached to an aromatic ring is 1. The molecular weight excluding hydrogens is 281 g/mol. The second-order valence-corrected chi connectivity index (χ2v) is 5.61. The molecule has 6 heteroatoms. The summed E-state index contributed by atoms with van der Waals surface area (Å²) in [6, 6.07) is 2.44. The molecule has 2 atom stereocenters. The van der Waals surface area contributed by atoms with E-state index in [4.69, 9.17) is 5.73 Å². The molecule has 118 valence electrons. The molecule has 0 radical (unpaired) electrons. The van der Waals surface area contributed by atoms with Gasteiger partial charge >= 0.3 is 6.61 Å². The first-order valence-electron chi connectivity index (χ1n) is 7.27. The SMILES string of the molecule is CC1CCCCCC1Nc1cc(OC(F)F)c(F)cc1N. The number of rotatable bonds is 4. The van der Waals surface area contributed by atoms with Gasteiger partial charge in [0.2, 0.25) is 0 Å². The van der Waals surface area contributed by atoms with Crippen molar-refractivity contribution in [3.05, 3.63) is 17.9 Å². The molecule has 1 saturated carbocycles. The van der Waals surface area contributed by atoms with Crippen molar-refractivity contribution in [1.29, 1.82) is 0 Å². The normalized spacial score (nSPS) is 22.9. The van der Waals surface area contributed by atoms with E-state index in [-0.39, 0.29) is 11.7 Å². The standard InChI is InChI=1S/C15H21F3N2O/c1-9-5-3-2-4-6-12(9)20-13-8-14(21-15(17)18)10(16)7-11(13)19/h7-9,12,15,20H,2-6,19H2,1H3. The zero-order valence-electron chi connectivity index (χ0n) is 12.0. The van der Waals surface area contributed by atoms with Crippen molar-refractivity contribution in [2.24, 2.45) is 5.92 Å². The van der Waals surface area contributed by atoms with Gasteiger partial charge in [-0.2, -0.15) is 8.78 Å². The molecule has 1 aromatic rings. The Kier molecular flexibility index (Phi) is 5.20. The van der Waals surface area contributed by atoms with Crippen LogP contribution in [0.5, 0.6) is 5.75 Å². The van der Waals surface area contributed by atoms with Crippen LogP contribution in [-0.2, 0) is 0 Å². The molecule has 1 fully saturated rings. The maximum Gasteiger partial charge on any atom is 0.387 e. The molecule has 21 heavy (non-hydrogen) atoms. The number of ether oxygens (including phenoxy) is 1. The first kappa shape index (κ1) is 15.8. The van der Waals surface area contributed by atoms with Crippen molar-refractivity contribution in [3.8, 4) is 5.75 Å². The first-order valence-corrected chi connectivity index (χ1v) is 7.27. The van der Waals surface area contributed by atoms with Crippen LogP contribution in [0, 0.1) is 11.7 Å². The predicted octanol–water partition coefficient (Wildman–Crippen LogP) is 4.39. The van der Waals surface area contributed by atoms with Crippen molar-refractivity contribution in [2.45, 2.75) is 51.7 Å². The molecule has 0 bridgehead atoms. The molecule has 0 heterocycles. The van der Waals surface area contributed by atoms with Gasteiger partial charge in [0.05, 0.1) is 11.4 Å². The number of hydrogen-bond acceptors (Lipinski definition) is 3. The minimum Gasteiger partial charge on any atom is -0.432 e. The fourth-order valence-corrected chi connectivity index (χ4v) is 2.79. The van der Waals surface area contributed by atoms with E-state index in [1.807, 2.05) is 0 Å². The summed E-state index contributed by atoms with van der Waals surface area (Å²) in [4.78, 5) is 0. The minimum absolute atomic E-state index is 0.200. The number of halogens is 3. The zero-order chi connectivity index (χ0) is 15.4. The van der Waals surface area contributed by atoms with Crippen molar-refractivity contribution in [1.82, 2.24) is 0 Å². The van der Waals surface area contributed by atoms with E-state index in [1.165, 1.54) is 18.9 Å². The van der Waals surface area contributed by atoms with Crippen LogP contribution in [0.15, 0.2) is 12.1 Å². The third kappa shape index (κ3) is 4.19. The summed E-state index contributed by atoms with van der Waals surface area (Å²) < 4.78 is 42.3. The molecule has 1 aromatic carbocycles. The molecule has 2 rings (SSSR count). The van der Waals surface area contributed by atoms with E-state index in [2.05, 4.69) is 17.0 Å². The lowest BCUT2D eigenvalue weighted by Crippen LogP contribution is -2.26. The molecular formula is C15H21F3N2O. The number of alkyl halides is 2. The summed E-state index contributed by atoms with van der Waals surface area (Å²) in [6.07, 6.45) is 5.60. The molecule has 0 amide bonds. The summed E-state index contributed by atoms with van der Waals surface area (Å²) in [6.45, 7) is -0.910. The Morgan fingerprint density at radius 1 is 1.24 bits per heavy atom. The molecule has 3 nitrogen and oxygen atoms in total. The number of nitrogens with one attached hydrogen (secondary N) is 1. The maximum atomic E-state index is 13.5. The van der Waals surface area contributed by atoms with Gasteiger partial charge in [0.25, 0.3) is 0 Å². The van der Waals surface area contributed by atoms with Crippen LogP contribution < -0.4 is 15.8 Å². The fourth-order valence-electron chi connectivity index (χ4n) is 2.79. The second kappa shape index (κ2) is 6.91. The van der Waals surface area contributed by atoms with Gasteiger partial charge in [0.1, 0.15) is 0 Å². The Morgan fingerprint density at radius 3 is 2.67 bits per heavy atom. The van der Waals surface area contributed by atoms with Gasteiger partial charge in [0.15, 0.2) is 11.6 Å². The number of anilines is 2. The van der Waals surface area contributed by atoms with Crippen LogP contribution in [-0.4, -0.2) is 12.7 Å². The van der Waals surface area contributed by atoms with E-state index in [0.29, 0.717) is 11.6 Å². The zero-order valence-corrected chi connectivity index (χ0v) is 12.0. The van der Waals surface area contributed by atoms with E-state index in [0.717, 1.165) is 25.3 Å². The first-order chi connectivity index (χ1) is 9.97. The Morgan fingerprint density at radius 2 is 1.95 bits per heavy atom. The summed E-state index contributed by atoms with van der Waals surface area (Å²) in [7, 11) is 0. The molecule has 3 N–H and O–H groups in total. The molecule has 0 aliphatic heterocycles. The third-order valence-electron chi connectivity index (χ3n) is 4.02. The Labute approximate surface area is 122 Å². The second-order valence-electron chi connectivity index (χ2n) is 5.61. The molecule has 0 spiro atoms. The van der Waals surface area contributed by atoms with Gasteiger partial charge in [-0.15, -0.1) is 0 Å². The van der Waals surface area contributed by atoms with Gasteiger partial charge in [-0.25, -0.2) is 4.39 Å². The van der Waals surface area contributed by atoms with Crippen molar-refractivity contribution >= 4 is 11.4 Å². The van der Waals surface area contributed by atoms with Crippen molar-refractivity contribution in [3.63, 3.8) is 0 Å².